The molecule has 1 aromatic heterocycles. The van der Waals surface area contributed by atoms with Crippen molar-refractivity contribution in [3.05, 3.63) is 36.0 Å². The fourth-order valence-corrected chi connectivity index (χ4v) is 4.94. The van der Waals surface area contributed by atoms with E-state index in [0.717, 1.165) is 16.5 Å². The third-order valence-electron chi connectivity index (χ3n) is 7.12. The minimum Gasteiger partial charge on any atom is -0.481 e. The number of nitrogens with one attached hydrogen (secondary N) is 3. The SMILES string of the molecule is NCCCCC(N)C(=O)NC(Cc1c[nH]c2ccccc12)C(=O)N1CCCC1C(=O)NC(CCC(=O)O)C(=O)O. The maximum absolute atomic E-state index is 13.8. The van der Waals surface area contributed by atoms with E-state index in [1.807, 2.05) is 24.3 Å². The second-order valence-electron chi connectivity index (χ2n) is 10.0. The van der Waals surface area contributed by atoms with Gasteiger partial charge in [-0.2, -0.15) is 0 Å². The number of aromatic amines is 1. The van der Waals surface area contributed by atoms with E-state index in [0.29, 0.717) is 38.6 Å². The molecular weight excluding hydrogens is 520 g/mol. The monoisotopic (exact) mass is 558 g/mol. The molecule has 4 unspecified atom stereocenters. The lowest BCUT2D eigenvalue weighted by Gasteiger charge is -2.30. The first-order valence-corrected chi connectivity index (χ1v) is 13.5. The highest BCUT2D eigenvalue weighted by molar-refractivity contribution is 5.95. The smallest absolute Gasteiger partial charge is 0.326 e. The number of para-hydroxylation sites is 1. The molecule has 9 N–H and O–H groups in total. The number of unbranched alkanes of at least 4 members (excludes halogenated alkanes) is 1. The molecule has 40 heavy (non-hydrogen) atoms. The lowest BCUT2D eigenvalue weighted by molar-refractivity contribution is -0.145. The topological polar surface area (TPSA) is 221 Å². The number of carboxylic acids is 2. The van der Waals surface area contributed by atoms with E-state index in [1.54, 1.807) is 6.20 Å². The molecule has 0 aliphatic carbocycles. The number of benzene rings is 1. The van der Waals surface area contributed by atoms with Crippen LogP contribution in [0.2, 0.25) is 0 Å². The van der Waals surface area contributed by atoms with Crippen molar-refractivity contribution in [2.45, 2.75) is 75.5 Å². The van der Waals surface area contributed by atoms with Crippen LogP contribution in [0.3, 0.4) is 0 Å². The zero-order valence-electron chi connectivity index (χ0n) is 22.3. The number of hydrogen-bond acceptors (Lipinski definition) is 7. The van der Waals surface area contributed by atoms with E-state index in [4.69, 9.17) is 16.6 Å². The van der Waals surface area contributed by atoms with Crippen LogP contribution in [0.5, 0.6) is 0 Å². The standard InChI is InChI=1S/C27H38N6O7/c28-12-4-3-7-18(29)24(36)32-21(14-16-15-30-19-8-2-1-6-17(16)19)26(38)33-13-5-9-22(33)25(37)31-20(27(39)40)10-11-23(34)35/h1-2,6,8,15,18,20-22,30H,3-5,7,9-14,28-29H2,(H,31,37)(H,32,36)(H,34,35)(H,39,40). The van der Waals surface area contributed by atoms with E-state index in [9.17, 15) is 29.1 Å². The zero-order chi connectivity index (χ0) is 29.2. The summed E-state index contributed by atoms with van der Waals surface area (Å²) in [6.07, 6.45) is 3.77. The van der Waals surface area contributed by atoms with Gasteiger partial charge in [0, 0.05) is 36.5 Å². The van der Waals surface area contributed by atoms with Crippen molar-refractivity contribution in [1.29, 1.82) is 0 Å². The molecule has 3 amide bonds. The third kappa shape index (κ3) is 8.02. The van der Waals surface area contributed by atoms with Crippen LogP contribution in [0.25, 0.3) is 10.9 Å². The van der Waals surface area contributed by atoms with Gasteiger partial charge in [0.25, 0.3) is 0 Å². The molecular formula is C27H38N6O7. The largest absolute Gasteiger partial charge is 0.481 e. The number of carboxylic acid groups (broad SMARTS) is 2. The van der Waals surface area contributed by atoms with Crippen molar-refractivity contribution in [3.63, 3.8) is 0 Å². The van der Waals surface area contributed by atoms with Gasteiger partial charge in [-0.15, -0.1) is 0 Å². The molecule has 218 valence electrons. The van der Waals surface area contributed by atoms with Gasteiger partial charge in [0.2, 0.25) is 17.7 Å². The average molecular weight is 559 g/mol. The maximum atomic E-state index is 13.8. The number of fused-ring (bicyclic) bond motifs is 1. The second-order valence-corrected chi connectivity index (χ2v) is 10.0. The number of amides is 3. The van der Waals surface area contributed by atoms with Gasteiger partial charge in [-0.3, -0.25) is 19.2 Å². The molecule has 4 atom stereocenters. The number of carbonyl (C=O) groups is 5. The van der Waals surface area contributed by atoms with Gasteiger partial charge < -0.3 is 42.2 Å². The molecule has 0 bridgehead atoms. The first-order valence-electron chi connectivity index (χ1n) is 13.5. The Morgan fingerprint density at radius 2 is 1.80 bits per heavy atom. The van der Waals surface area contributed by atoms with Gasteiger partial charge in [-0.05, 0) is 50.3 Å². The Hall–Kier alpha value is -3.97. The van der Waals surface area contributed by atoms with Crippen LogP contribution in [-0.4, -0.2) is 87.0 Å². The predicted octanol–water partition coefficient (Wildman–Crippen LogP) is 0.0767. The van der Waals surface area contributed by atoms with Gasteiger partial charge >= 0.3 is 11.9 Å². The number of nitrogens with two attached hydrogens (primary N) is 2. The number of carbonyl (C=O) groups excluding carboxylic acids is 3. The predicted molar refractivity (Wildman–Crippen MR) is 146 cm³/mol. The summed E-state index contributed by atoms with van der Waals surface area (Å²) in [5, 5.41) is 24.4. The van der Waals surface area contributed by atoms with Gasteiger partial charge in [0.05, 0.1) is 6.04 Å². The summed E-state index contributed by atoms with van der Waals surface area (Å²) in [5.41, 5.74) is 13.3. The highest BCUT2D eigenvalue weighted by atomic mass is 16.4. The van der Waals surface area contributed by atoms with Gasteiger partial charge in [0.15, 0.2) is 0 Å². The summed E-state index contributed by atoms with van der Waals surface area (Å²) >= 11 is 0. The highest BCUT2D eigenvalue weighted by Gasteiger charge is 2.39. The first kappa shape index (κ1) is 30.6. The molecule has 1 fully saturated rings. The Kier molecular flexibility index (Phi) is 11.0. The van der Waals surface area contributed by atoms with Crippen LogP contribution >= 0.6 is 0 Å². The third-order valence-corrected chi connectivity index (χ3v) is 7.12. The van der Waals surface area contributed by atoms with Crippen LogP contribution in [0.1, 0.15) is 50.5 Å². The number of nitrogens with zero attached hydrogens (tertiary/aromatic N) is 1. The normalized spacial score (nSPS) is 17.2. The maximum Gasteiger partial charge on any atom is 0.326 e. The van der Waals surface area contributed by atoms with Crippen LogP contribution in [0.15, 0.2) is 30.5 Å². The molecule has 1 aliphatic rings. The fourth-order valence-electron chi connectivity index (χ4n) is 4.94. The number of likely N-dealkylation sites (tertiary alicyclic amines) is 1. The van der Waals surface area contributed by atoms with E-state index in [1.165, 1.54) is 4.90 Å². The van der Waals surface area contributed by atoms with Gasteiger partial charge in [-0.1, -0.05) is 24.6 Å². The van der Waals surface area contributed by atoms with Crippen LogP contribution in [-0.2, 0) is 30.4 Å². The minimum absolute atomic E-state index is 0.144. The Labute approximate surface area is 231 Å². The minimum atomic E-state index is -1.41. The van der Waals surface area contributed by atoms with E-state index >= 15 is 0 Å². The molecule has 0 spiro atoms. The molecule has 1 aliphatic heterocycles. The number of hydrogen-bond donors (Lipinski definition) is 7. The number of aromatic nitrogens is 1. The highest BCUT2D eigenvalue weighted by Crippen LogP contribution is 2.23. The van der Waals surface area contributed by atoms with Crippen molar-refractivity contribution < 1.29 is 34.2 Å². The molecule has 13 heteroatoms. The van der Waals surface area contributed by atoms with Gasteiger partial charge in [-0.25, -0.2) is 4.79 Å². The summed E-state index contributed by atoms with van der Waals surface area (Å²) in [7, 11) is 0. The summed E-state index contributed by atoms with van der Waals surface area (Å²) in [4.78, 5) is 66.9. The Bertz CT molecular complexity index is 1210. The quantitative estimate of drug-likeness (QED) is 0.147. The molecule has 13 nitrogen and oxygen atoms in total. The van der Waals surface area contributed by atoms with E-state index in [-0.39, 0.29) is 19.4 Å². The van der Waals surface area contributed by atoms with Crippen molar-refractivity contribution >= 4 is 40.6 Å². The molecule has 1 aromatic carbocycles. The van der Waals surface area contributed by atoms with Crippen LogP contribution in [0.4, 0.5) is 0 Å². The van der Waals surface area contributed by atoms with Crippen molar-refractivity contribution in [1.82, 2.24) is 20.5 Å². The second kappa shape index (κ2) is 14.4. The van der Waals surface area contributed by atoms with Crippen LogP contribution in [0, 0.1) is 0 Å². The zero-order valence-corrected chi connectivity index (χ0v) is 22.3. The molecule has 0 saturated carbocycles. The molecule has 2 aromatic rings. The number of aliphatic carboxylic acids is 2. The Morgan fingerprint density at radius 3 is 2.50 bits per heavy atom. The molecule has 0 radical (unpaired) electrons. The number of rotatable bonds is 15. The number of H-pyrrole nitrogens is 1. The van der Waals surface area contributed by atoms with Crippen molar-refractivity contribution in [2.24, 2.45) is 11.5 Å². The van der Waals surface area contributed by atoms with Crippen molar-refractivity contribution in [3.8, 4) is 0 Å². The molecule has 1 saturated heterocycles. The lowest BCUT2D eigenvalue weighted by atomic mass is 10.0. The summed E-state index contributed by atoms with van der Waals surface area (Å²) in [6.45, 7) is 0.722. The summed E-state index contributed by atoms with van der Waals surface area (Å²) in [5.74, 6) is -4.20. The van der Waals surface area contributed by atoms with Gasteiger partial charge in [0.1, 0.15) is 18.1 Å². The van der Waals surface area contributed by atoms with E-state index in [2.05, 4.69) is 15.6 Å². The van der Waals surface area contributed by atoms with E-state index < -0.39 is 60.2 Å². The van der Waals surface area contributed by atoms with Crippen molar-refractivity contribution in [2.75, 3.05) is 13.1 Å². The fraction of sp³-hybridized carbons (Fsp3) is 0.519. The summed E-state index contributed by atoms with van der Waals surface area (Å²) in [6, 6.07) is 3.31. The lowest BCUT2D eigenvalue weighted by Crippen LogP contribution is -2.57. The average Bonchev–Trinajstić information content (AvgIpc) is 3.57. The molecule has 2 heterocycles. The molecule has 3 rings (SSSR count). The van der Waals surface area contributed by atoms with Crippen LogP contribution < -0.4 is 22.1 Å². The summed E-state index contributed by atoms with van der Waals surface area (Å²) < 4.78 is 0. The Morgan fingerprint density at radius 1 is 1.05 bits per heavy atom. The first-order chi connectivity index (χ1) is 19.1. The Balaban J connectivity index is 1.79.